The van der Waals surface area contributed by atoms with Gasteiger partial charge < -0.3 is 23.2 Å². The van der Waals surface area contributed by atoms with Gasteiger partial charge in [-0.05, 0) is 53.2 Å². The molecule has 6 aromatic carbocycles. The molecule has 294 valence electrons. The number of pyridine rings is 2. The van der Waals surface area contributed by atoms with E-state index < -0.39 is 0 Å². The zero-order valence-electron chi connectivity index (χ0n) is 33.5. The number of nitrogens with zero attached hydrogens (tertiary/aromatic N) is 7. The number of rotatable bonds is 7. The second-order valence-electron chi connectivity index (χ2n) is 13.9. The van der Waals surface area contributed by atoms with Crippen molar-refractivity contribution >= 4 is 65.4 Å². The molecule has 0 N–H and O–H groups in total. The van der Waals surface area contributed by atoms with Crippen LogP contribution in [0.25, 0.3) is 83.0 Å². The second kappa shape index (κ2) is 15.6. The van der Waals surface area contributed by atoms with Crippen molar-refractivity contribution < 1.29 is 54.3 Å². The second-order valence-corrected chi connectivity index (χ2v) is 13.9. The van der Waals surface area contributed by atoms with Crippen molar-refractivity contribution in [1.29, 1.82) is 0 Å². The van der Waals surface area contributed by atoms with E-state index in [4.69, 9.17) is 12.2 Å². The largest absolute Gasteiger partial charge is 2.00 e. The maximum Gasteiger partial charge on any atom is 2.00 e. The molecule has 0 aliphatic carbocycles. The Bertz CT molecular complexity index is 3460. The van der Waals surface area contributed by atoms with Crippen LogP contribution < -0.4 is 9.47 Å². The van der Waals surface area contributed by atoms with Gasteiger partial charge in [-0.1, -0.05) is 70.6 Å². The van der Waals surface area contributed by atoms with Gasteiger partial charge in [-0.2, -0.15) is 35.0 Å². The molecule has 0 unspecified atom stereocenters. The molecule has 0 spiro atoms. The molecule has 0 fully saturated rings. The Morgan fingerprint density at radius 3 is 1.18 bits per heavy atom. The number of benzene rings is 6. The third-order valence-corrected chi connectivity index (χ3v) is 10.5. The molecule has 9 nitrogen and oxygen atoms in total. The molecule has 0 saturated carbocycles. The smallest absolute Gasteiger partial charge is 0.509 e. The van der Waals surface area contributed by atoms with E-state index in [1.54, 1.807) is 43.0 Å². The number of hydrogen-bond donors (Lipinski definition) is 0. The Morgan fingerprint density at radius 2 is 0.770 bits per heavy atom. The normalized spacial score (nSPS) is 11.8. The fraction of sp³-hybridized carbons (Fsp3) is 0. The van der Waals surface area contributed by atoms with E-state index in [2.05, 4.69) is 68.5 Å². The molecule has 0 amide bonds. The van der Waals surface area contributed by atoms with Crippen LogP contribution in [-0.2, 0) is 42.1 Å². The van der Waals surface area contributed by atoms with Gasteiger partial charge in [0, 0.05) is 58.8 Å². The maximum atomic E-state index is 7.97. The van der Waals surface area contributed by atoms with Crippen LogP contribution in [-0.4, -0.2) is 33.6 Å². The average molecular weight is 1150 g/mol. The van der Waals surface area contributed by atoms with Crippen LogP contribution in [0.5, 0.6) is 23.0 Å². The molecule has 12 rings (SSSR count). The molecule has 6 aromatic heterocycles. The summed E-state index contributed by atoms with van der Waals surface area (Å²) in [5.74, 6) is 3.77. The Labute approximate surface area is 380 Å². The molecular formula is C50H27N7O2Pt2. The van der Waals surface area contributed by atoms with Crippen LogP contribution in [0.3, 0.4) is 0 Å². The molecule has 61 heavy (non-hydrogen) atoms. The number of hydrogen-bond acceptors (Lipinski definition) is 6. The summed E-state index contributed by atoms with van der Waals surface area (Å²) in [5, 5.41) is 5.95. The van der Waals surface area contributed by atoms with E-state index in [1.165, 1.54) is 0 Å². The van der Waals surface area contributed by atoms with E-state index >= 15 is 0 Å². The number of ether oxygens (including phenoxy) is 2. The first-order chi connectivity index (χ1) is 30.0. The van der Waals surface area contributed by atoms with Crippen molar-refractivity contribution in [2.75, 3.05) is 0 Å². The van der Waals surface area contributed by atoms with Gasteiger partial charge in [0.25, 0.3) is 0 Å². The Balaban J connectivity index is 0.00000236. The standard InChI is InChI=1S/C50H27N7O2.2Pt/c1-3-12-42-36(10-1)38-20-16-32(28-44(38)55(42)48-14-5-7-24-51-48)58-34-18-22-40-41-23-19-35(31-47(41)57(46(40)30-34)50-53-26-9-27-54-50)59-33-17-21-39-37-11-2-4-13-43(37)56(45(39)29-33)49-15-6-8-25-52-49;;/h1-27H;;/q-4;2*+2/i7D,8D;;. The molecule has 0 saturated heterocycles. The topological polar surface area (TPSA) is 84.8 Å². The summed E-state index contributed by atoms with van der Waals surface area (Å²) in [6.45, 7) is 0. The monoisotopic (exact) mass is 1150 g/mol. The maximum absolute atomic E-state index is 7.97. The first kappa shape index (κ1) is 36.0. The van der Waals surface area contributed by atoms with Crippen LogP contribution in [0.4, 0.5) is 0 Å². The van der Waals surface area contributed by atoms with Crippen molar-refractivity contribution in [3.05, 3.63) is 189 Å². The first-order valence-corrected chi connectivity index (χ1v) is 18.9. The molecule has 0 atom stereocenters. The minimum atomic E-state index is 0. The van der Waals surface area contributed by atoms with Crippen molar-refractivity contribution in [1.82, 2.24) is 33.6 Å². The minimum Gasteiger partial charge on any atom is -0.509 e. The van der Waals surface area contributed by atoms with Crippen LogP contribution in [0.15, 0.2) is 164 Å². The molecule has 6 heterocycles. The Hall–Kier alpha value is -6.92. The molecule has 11 heteroatoms. The fourth-order valence-electron chi connectivity index (χ4n) is 8.02. The summed E-state index contributed by atoms with van der Waals surface area (Å²) in [6.07, 6.45) is 6.49. The third kappa shape index (κ3) is 6.40. The van der Waals surface area contributed by atoms with E-state index in [1.807, 2.05) is 98.6 Å². The number of para-hydroxylation sites is 2. The zero-order chi connectivity index (χ0) is 40.6. The average Bonchev–Trinajstić information content (AvgIpc) is 3.92. The van der Waals surface area contributed by atoms with Crippen LogP contribution in [0.2, 0.25) is 0 Å². The zero-order valence-corrected chi connectivity index (χ0v) is 36.1. The SMILES string of the molecule is [2H]c1ccc(-n2c3[c-]c(Oc4[c-]c5c(cc4)c4ccc(Oc6[c-]c7c(cc6)c6ccccc6n7-c6ccc([2H])cn6)[c-]c4n5-c4ncccn4)ccc3c3ccccc32)nc1.[Pt+2].[Pt+2]. The van der Waals surface area contributed by atoms with Crippen LogP contribution in [0, 0.1) is 24.3 Å². The summed E-state index contributed by atoms with van der Waals surface area (Å²) >= 11 is 0. The predicted molar refractivity (Wildman–Crippen MR) is 229 cm³/mol. The summed E-state index contributed by atoms with van der Waals surface area (Å²) in [4.78, 5) is 18.4. The van der Waals surface area contributed by atoms with Gasteiger partial charge >= 0.3 is 42.1 Å². The van der Waals surface area contributed by atoms with Gasteiger partial charge in [0.2, 0.25) is 5.95 Å². The summed E-state index contributed by atoms with van der Waals surface area (Å²) in [5.41, 5.74) is 4.96. The molecule has 12 aromatic rings. The van der Waals surface area contributed by atoms with Gasteiger partial charge in [0.15, 0.2) is 0 Å². The molecule has 0 aliphatic rings. The number of fused-ring (bicyclic) bond motifs is 9. The van der Waals surface area contributed by atoms with Crippen molar-refractivity contribution in [3.8, 4) is 40.6 Å². The van der Waals surface area contributed by atoms with E-state index in [-0.39, 0.29) is 42.1 Å². The summed E-state index contributed by atoms with van der Waals surface area (Å²) in [6, 6.07) is 55.5. The van der Waals surface area contributed by atoms with E-state index in [0.717, 1.165) is 54.4 Å². The van der Waals surface area contributed by atoms with Crippen LogP contribution in [0.1, 0.15) is 2.74 Å². The van der Waals surface area contributed by atoms with Gasteiger partial charge in [-0.3, -0.25) is 0 Å². The van der Waals surface area contributed by atoms with Crippen molar-refractivity contribution in [3.63, 3.8) is 0 Å². The van der Waals surface area contributed by atoms with Gasteiger partial charge in [0.05, 0.1) is 2.74 Å². The predicted octanol–water partition coefficient (Wildman–Crippen LogP) is 11.3. The fourth-order valence-corrected chi connectivity index (χ4v) is 8.02. The molecule has 0 aliphatic heterocycles. The first-order valence-electron chi connectivity index (χ1n) is 19.9. The Kier molecular flexibility index (Phi) is 9.20. The quantitative estimate of drug-likeness (QED) is 0.148. The van der Waals surface area contributed by atoms with Crippen molar-refractivity contribution in [2.24, 2.45) is 0 Å². The van der Waals surface area contributed by atoms with Gasteiger partial charge in [0.1, 0.15) is 11.6 Å². The van der Waals surface area contributed by atoms with Crippen LogP contribution >= 0.6 is 0 Å². The Morgan fingerprint density at radius 1 is 0.377 bits per heavy atom. The van der Waals surface area contributed by atoms with E-state index in [9.17, 15) is 0 Å². The summed E-state index contributed by atoms with van der Waals surface area (Å²) < 4.78 is 34.9. The van der Waals surface area contributed by atoms with Gasteiger partial charge in [-0.15, -0.1) is 59.3 Å². The number of aromatic nitrogens is 7. The van der Waals surface area contributed by atoms with Crippen molar-refractivity contribution in [2.45, 2.75) is 0 Å². The summed E-state index contributed by atoms with van der Waals surface area (Å²) in [7, 11) is 0. The minimum absolute atomic E-state index is 0. The molecule has 0 radical (unpaired) electrons. The molecular weight excluding hydrogens is 1120 g/mol. The van der Waals surface area contributed by atoms with E-state index in [0.29, 0.717) is 63.7 Å². The molecule has 0 bridgehead atoms. The third-order valence-electron chi connectivity index (χ3n) is 10.5. The van der Waals surface area contributed by atoms with Gasteiger partial charge in [-0.25, -0.2) is 19.9 Å².